The number of carbonyl (C=O) groups excluding carboxylic acids is 1. The van der Waals surface area contributed by atoms with Crippen molar-refractivity contribution in [2.24, 2.45) is 45.3 Å². The number of aliphatic hydroxyl groups excluding tert-OH is 1. The number of halogens is 1. The molecule has 1 saturated heterocycles. The van der Waals surface area contributed by atoms with Crippen molar-refractivity contribution in [1.82, 2.24) is 9.97 Å². The number of nitrogens with one attached hydrogen (secondary N) is 1. The van der Waals surface area contributed by atoms with E-state index in [0.29, 0.717) is 23.3 Å². The molecule has 1 unspecified atom stereocenters. The van der Waals surface area contributed by atoms with Crippen molar-refractivity contribution in [2.45, 2.75) is 148 Å². The summed E-state index contributed by atoms with van der Waals surface area (Å²) in [6, 6.07) is 7.33. The second kappa shape index (κ2) is 13.2. The summed E-state index contributed by atoms with van der Waals surface area (Å²) in [6.07, 6.45) is 9.57. The predicted molar refractivity (Wildman–Crippen MR) is 203 cm³/mol. The Bertz CT molecular complexity index is 1860. The van der Waals surface area contributed by atoms with E-state index in [2.05, 4.69) is 65.4 Å². The van der Waals surface area contributed by atoms with Gasteiger partial charge in [0.1, 0.15) is 23.6 Å². The first-order valence-corrected chi connectivity index (χ1v) is 20.8. The van der Waals surface area contributed by atoms with Crippen molar-refractivity contribution < 1.29 is 23.8 Å². The third-order valence-electron chi connectivity index (χ3n) is 15.8. The fourth-order valence-corrected chi connectivity index (χ4v) is 13.9. The summed E-state index contributed by atoms with van der Waals surface area (Å²) in [4.78, 5) is 33.3. The number of ether oxygens (including phenoxy) is 2. The molecule has 10 heteroatoms. The van der Waals surface area contributed by atoms with Crippen LogP contribution in [-0.2, 0) is 14.3 Å². The molecule has 0 bridgehead atoms. The molecule has 288 valence electrons. The first-order valence-electron chi connectivity index (χ1n) is 19.8. The van der Waals surface area contributed by atoms with Gasteiger partial charge in [0.2, 0.25) is 0 Å². The number of aliphatic hydroxyl groups is 1. The van der Waals surface area contributed by atoms with Gasteiger partial charge in [0, 0.05) is 11.0 Å². The van der Waals surface area contributed by atoms with Gasteiger partial charge < -0.3 is 19.6 Å². The highest BCUT2D eigenvalue weighted by Gasteiger charge is 2.72. The predicted octanol–water partition coefficient (Wildman–Crippen LogP) is 8.85. The molecule has 8 nitrogen and oxygen atoms in total. The van der Waals surface area contributed by atoms with Gasteiger partial charge in [0.15, 0.2) is 5.16 Å². The third kappa shape index (κ3) is 6.20. The molecule has 2 aromatic rings. The monoisotopic (exact) mass is 747 g/mol. The fourth-order valence-electron chi connectivity index (χ4n) is 13.2. The van der Waals surface area contributed by atoms with Crippen LogP contribution in [0.2, 0.25) is 0 Å². The van der Waals surface area contributed by atoms with E-state index >= 15 is 0 Å². The number of nitrogens with zero attached hydrogens (tertiary/aromatic N) is 2. The Morgan fingerprint density at radius 2 is 1.70 bits per heavy atom. The number of H-pyrrole nitrogens is 1. The van der Waals surface area contributed by atoms with Crippen LogP contribution in [0.25, 0.3) is 11.3 Å². The molecule has 7 rings (SSSR count). The van der Waals surface area contributed by atoms with E-state index in [1.807, 2.05) is 6.07 Å². The summed E-state index contributed by atoms with van der Waals surface area (Å²) in [7, 11) is 0. The number of hydrogen-bond acceptors (Lipinski definition) is 8. The Kier molecular flexibility index (Phi) is 9.59. The number of hydrogen-bond donors (Lipinski definition) is 2. The lowest BCUT2D eigenvalue weighted by Gasteiger charge is -2.70. The lowest BCUT2D eigenvalue weighted by Crippen LogP contribution is -2.67. The van der Waals surface area contributed by atoms with E-state index in [1.54, 1.807) is 0 Å². The Labute approximate surface area is 318 Å². The van der Waals surface area contributed by atoms with Crippen LogP contribution < -0.4 is 5.56 Å². The van der Waals surface area contributed by atoms with Gasteiger partial charge in [-0.15, -0.1) is 0 Å². The lowest BCUT2D eigenvalue weighted by molar-refractivity contribution is -0.258. The largest absolute Gasteiger partial charge is 0.461 e. The van der Waals surface area contributed by atoms with Crippen molar-refractivity contribution in [1.29, 1.82) is 5.26 Å². The number of esters is 1. The van der Waals surface area contributed by atoms with Gasteiger partial charge in [0.05, 0.1) is 28.8 Å². The molecule has 1 aromatic heterocycles. The van der Waals surface area contributed by atoms with Crippen LogP contribution in [0.5, 0.6) is 0 Å². The van der Waals surface area contributed by atoms with Crippen LogP contribution in [0, 0.1) is 62.5 Å². The Morgan fingerprint density at radius 3 is 2.38 bits per heavy atom. The van der Waals surface area contributed by atoms with E-state index in [9.17, 15) is 24.3 Å². The van der Waals surface area contributed by atoms with Gasteiger partial charge in [-0.3, -0.25) is 9.59 Å². The zero-order valence-corrected chi connectivity index (χ0v) is 33.6. The first kappa shape index (κ1) is 38.5. The molecule has 10 atom stereocenters. The standard InChI is InChI=1S/C43H58FN3O5S/c1-38(2)17-9-18-43(8,52-38)28-14-20-42(7)34(28)29(48)22-31-40(5)19-16-32(39(3,4)30(40)15-21-41(31,42)6)51-33(49)24-53-37-46-35(27(23-45)36(50)47-37)25-10-12-26(44)13-11-25/h10-13,28-32,34,48H,9,14-22,24H2,1-8H3,(H,46,47,50)/t28-,29-,30+,31?,32+,34+,40+,41-,42-,43-/m1/s1. The minimum atomic E-state index is -0.615. The summed E-state index contributed by atoms with van der Waals surface area (Å²) in [5.74, 6) is 0.384. The average molecular weight is 748 g/mol. The van der Waals surface area contributed by atoms with Crippen LogP contribution in [0.3, 0.4) is 0 Å². The molecule has 2 heterocycles. The molecule has 1 aliphatic heterocycles. The van der Waals surface area contributed by atoms with Crippen LogP contribution in [0.4, 0.5) is 4.39 Å². The quantitative estimate of drug-likeness (QED) is 0.171. The number of benzene rings is 1. The number of fused-ring (bicyclic) bond motifs is 5. The fraction of sp³-hybridized carbons (Fsp3) is 0.721. The Morgan fingerprint density at radius 1 is 1.00 bits per heavy atom. The smallest absolute Gasteiger partial charge is 0.316 e. The second-order valence-corrected chi connectivity index (χ2v) is 20.3. The van der Waals surface area contributed by atoms with Gasteiger partial charge >= 0.3 is 5.97 Å². The van der Waals surface area contributed by atoms with Gasteiger partial charge in [-0.25, -0.2) is 9.37 Å². The van der Waals surface area contributed by atoms with Crippen LogP contribution in [0.1, 0.15) is 125 Å². The minimum Gasteiger partial charge on any atom is -0.461 e. The van der Waals surface area contributed by atoms with E-state index in [0.717, 1.165) is 69.5 Å². The number of aromatic nitrogens is 2. The van der Waals surface area contributed by atoms with Crippen LogP contribution in [0.15, 0.2) is 34.2 Å². The number of aromatic amines is 1. The number of carbonyl (C=O) groups is 1. The molecule has 1 aromatic carbocycles. The Balaban J connectivity index is 1.06. The zero-order valence-electron chi connectivity index (χ0n) is 32.8. The number of rotatable bonds is 6. The van der Waals surface area contributed by atoms with Crippen molar-refractivity contribution in [3.63, 3.8) is 0 Å². The molecule has 2 N–H and O–H groups in total. The molecular formula is C43H58FN3O5S. The molecular weight excluding hydrogens is 690 g/mol. The summed E-state index contributed by atoms with van der Waals surface area (Å²) in [5.41, 5.74) is -0.722. The number of nitriles is 1. The zero-order chi connectivity index (χ0) is 38.4. The van der Waals surface area contributed by atoms with E-state index in [1.165, 1.54) is 30.7 Å². The molecule has 0 spiro atoms. The number of thioether (sulfide) groups is 1. The highest BCUT2D eigenvalue weighted by atomic mass is 32.2. The van der Waals surface area contributed by atoms with Crippen molar-refractivity contribution in [3.05, 3.63) is 46.0 Å². The molecule has 0 amide bonds. The topological polar surface area (TPSA) is 125 Å². The van der Waals surface area contributed by atoms with Crippen molar-refractivity contribution in [3.8, 4) is 17.3 Å². The van der Waals surface area contributed by atoms with Gasteiger partial charge in [-0.1, -0.05) is 46.4 Å². The Hall–Kier alpha value is -2.74. The summed E-state index contributed by atoms with van der Waals surface area (Å²) in [5, 5.41) is 22.1. The molecule has 53 heavy (non-hydrogen) atoms. The van der Waals surface area contributed by atoms with Crippen molar-refractivity contribution in [2.75, 3.05) is 5.75 Å². The van der Waals surface area contributed by atoms with E-state index in [4.69, 9.17) is 9.47 Å². The lowest BCUT2D eigenvalue weighted by atomic mass is 9.35. The third-order valence-corrected chi connectivity index (χ3v) is 16.6. The van der Waals surface area contributed by atoms with Gasteiger partial charge in [-0.2, -0.15) is 5.26 Å². The molecule has 5 aliphatic rings. The minimum absolute atomic E-state index is 0.00289. The highest BCUT2D eigenvalue weighted by molar-refractivity contribution is 7.99. The maximum Gasteiger partial charge on any atom is 0.316 e. The SMILES string of the molecule is CC1(C)CCC[C@](C)([C@@H]2CC[C@]3(C)[C@@H]2[C@H](O)CC2[C@@]4(C)CC[C@H](OC(=O)CSc5nc(-c6ccc(F)cc6)c(C#N)c(=O)[nH]5)C(C)(C)[C@@H]4CC[C@]23C)O1. The molecule has 0 radical (unpaired) electrons. The maximum atomic E-state index is 13.6. The van der Waals surface area contributed by atoms with E-state index in [-0.39, 0.29) is 79.1 Å². The highest BCUT2D eigenvalue weighted by Crippen LogP contribution is 2.76. The van der Waals surface area contributed by atoms with Crippen LogP contribution in [-0.4, -0.2) is 50.2 Å². The normalized spacial score (nSPS) is 39.9. The summed E-state index contributed by atoms with van der Waals surface area (Å²) >= 11 is 1.06. The van der Waals surface area contributed by atoms with Crippen molar-refractivity contribution >= 4 is 17.7 Å². The molecule has 4 aliphatic carbocycles. The maximum absolute atomic E-state index is 13.6. The summed E-state index contributed by atoms with van der Waals surface area (Å²) < 4.78 is 26.8. The average Bonchev–Trinajstić information content (AvgIpc) is 3.46. The first-order chi connectivity index (χ1) is 24.8. The summed E-state index contributed by atoms with van der Waals surface area (Å²) in [6.45, 7) is 18.8. The molecule has 5 fully saturated rings. The van der Waals surface area contributed by atoms with Gasteiger partial charge in [-0.05, 0) is 149 Å². The van der Waals surface area contributed by atoms with Crippen LogP contribution >= 0.6 is 11.8 Å². The second-order valence-electron chi connectivity index (χ2n) is 19.3. The molecule has 4 saturated carbocycles. The van der Waals surface area contributed by atoms with Gasteiger partial charge in [0.25, 0.3) is 5.56 Å². The van der Waals surface area contributed by atoms with E-state index < -0.39 is 11.4 Å².